The Morgan fingerprint density at radius 1 is 1.14 bits per heavy atom. The molecule has 15 heteroatoms. The molecular formula is C41H57ClIN5O7S. The number of allylic oxidation sites excluding steroid dienone is 2. The van der Waals surface area contributed by atoms with Gasteiger partial charge in [0.25, 0.3) is 5.91 Å². The number of amides is 1. The lowest BCUT2D eigenvalue weighted by molar-refractivity contribution is -0.122. The van der Waals surface area contributed by atoms with Gasteiger partial charge in [-0.2, -0.15) is 0 Å². The number of halogens is 2. The van der Waals surface area contributed by atoms with Gasteiger partial charge in [-0.25, -0.2) is 18.1 Å². The number of rotatable bonds is 3. The molecule has 8 rings (SSSR count). The smallest absolute Gasteiger partial charge is 0.283 e. The third-order valence-corrected chi connectivity index (χ3v) is 14.5. The molecule has 1 aromatic carbocycles. The minimum Gasteiger partial charge on any atom is -0.489 e. The Morgan fingerprint density at radius 3 is 2.75 bits per heavy atom. The summed E-state index contributed by atoms with van der Waals surface area (Å²) in [4.78, 5) is 38.2. The van der Waals surface area contributed by atoms with Crippen LogP contribution in [0.15, 0.2) is 42.5 Å². The zero-order valence-corrected chi connectivity index (χ0v) is 36.5. The second-order valence-corrected chi connectivity index (χ2v) is 18.2. The molecule has 56 heavy (non-hydrogen) atoms. The second-order valence-electron chi connectivity index (χ2n) is 15.8. The van der Waals surface area contributed by atoms with Gasteiger partial charge in [-0.3, -0.25) is 14.5 Å². The highest BCUT2D eigenvalue weighted by Gasteiger charge is 2.45. The number of morpholine rings is 1. The molecule has 1 saturated carbocycles. The van der Waals surface area contributed by atoms with Crippen molar-refractivity contribution in [3.63, 3.8) is 0 Å². The highest BCUT2D eigenvalue weighted by atomic mass is 127. The first-order valence-corrected chi connectivity index (χ1v) is 24.0. The Morgan fingerprint density at radius 2 is 1.98 bits per heavy atom. The number of ketones is 1. The van der Waals surface area contributed by atoms with Gasteiger partial charge in [0.2, 0.25) is 10.0 Å². The Kier molecular flexibility index (Phi) is 15.1. The van der Waals surface area contributed by atoms with Crippen LogP contribution in [0.5, 0.6) is 5.75 Å². The van der Waals surface area contributed by atoms with Crippen LogP contribution in [-0.4, -0.2) is 119 Å². The van der Waals surface area contributed by atoms with Crippen LogP contribution in [0.2, 0.25) is 5.02 Å². The molecule has 308 valence electrons. The fourth-order valence-corrected chi connectivity index (χ4v) is 11.0. The van der Waals surface area contributed by atoms with Crippen LogP contribution >= 0.6 is 34.2 Å². The summed E-state index contributed by atoms with van der Waals surface area (Å²) in [6, 6.07) is 9.95. The average molecular weight is 926 g/mol. The Hall–Kier alpha value is -2.34. The molecule has 6 aliphatic rings. The fraction of sp³-hybridized carbons (Fsp3) is 0.634. The molecule has 4 aliphatic heterocycles. The number of sulfonamides is 1. The van der Waals surface area contributed by atoms with Crippen molar-refractivity contribution in [3.8, 4) is 5.75 Å². The largest absolute Gasteiger partial charge is 0.489 e. The number of pyridine rings is 1. The monoisotopic (exact) mass is 925 g/mol. The topological polar surface area (TPSA) is 139 Å². The summed E-state index contributed by atoms with van der Waals surface area (Å²) in [7, 11) is -2.58. The number of aryl methyl sites for hydroxylation is 1. The molecule has 2 aromatic rings. The predicted octanol–water partition coefficient (Wildman–Crippen LogP) is 5.21. The zero-order chi connectivity index (χ0) is 39.9. The molecular weight excluding hydrogens is 869 g/mol. The van der Waals surface area contributed by atoms with Gasteiger partial charge in [-0.05, 0) is 103 Å². The van der Waals surface area contributed by atoms with E-state index in [9.17, 15) is 18.0 Å². The van der Waals surface area contributed by atoms with Gasteiger partial charge in [0, 0.05) is 75.4 Å². The van der Waals surface area contributed by atoms with Crippen molar-refractivity contribution < 1.29 is 32.2 Å². The lowest BCUT2D eigenvalue weighted by Gasteiger charge is -2.43. The van der Waals surface area contributed by atoms with Crippen molar-refractivity contribution in [3.05, 3.63) is 64.3 Å². The van der Waals surface area contributed by atoms with Crippen LogP contribution in [0.1, 0.15) is 67.1 Å². The van der Waals surface area contributed by atoms with Crippen LogP contribution in [-0.2, 0) is 36.1 Å². The van der Waals surface area contributed by atoms with E-state index in [2.05, 4.69) is 48.5 Å². The van der Waals surface area contributed by atoms with E-state index in [0.717, 1.165) is 65.0 Å². The first-order valence-electron chi connectivity index (χ1n) is 19.9. The number of hydrogen-bond donors (Lipinski definition) is 2. The molecule has 12 nitrogen and oxygen atoms in total. The molecule has 0 unspecified atom stereocenters. The highest BCUT2D eigenvalue weighted by Crippen LogP contribution is 2.45. The van der Waals surface area contributed by atoms with Crippen LogP contribution in [0.3, 0.4) is 0 Å². The van der Waals surface area contributed by atoms with Crippen molar-refractivity contribution in [2.24, 2.45) is 17.8 Å². The Labute approximate surface area is 351 Å². The first-order chi connectivity index (χ1) is 27.1. The summed E-state index contributed by atoms with van der Waals surface area (Å²) in [5.41, 5.74) is 2.08. The number of carbonyl (C=O) groups is 2. The van der Waals surface area contributed by atoms with Gasteiger partial charge >= 0.3 is 0 Å². The van der Waals surface area contributed by atoms with Gasteiger partial charge in [0.15, 0.2) is 17.4 Å². The van der Waals surface area contributed by atoms with Crippen molar-refractivity contribution in [1.29, 1.82) is 0 Å². The van der Waals surface area contributed by atoms with Crippen molar-refractivity contribution in [2.75, 3.05) is 82.6 Å². The molecule has 5 heterocycles. The zero-order valence-electron chi connectivity index (χ0n) is 32.8. The van der Waals surface area contributed by atoms with E-state index in [0.29, 0.717) is 48.7 Å². The number of alkyl halides is 1. The number of carbonyl (C=O) groups excluding carboxylic acids is 2. The van der Waals surface area contributed by atoms with Gasteiger partial charge < -0.3 is 24.4 Å². The number of fused-ring (bicyclic) bond motifs is 5. The molecule has 2 saturated heterocycles. The van der Waals surface area contributed by atoms with Gasteiger partial charge in [0.05, 0.1) is 25.1 Å². The fourth-order valence-electron chi connectivity index (χ4n) is 9.13. The standard InChI is InChI=1S/C33H40ClN3O6S.C7H14N2O.CH3I/c1-21-5-3-7-28(38)25-10-8-23(25)18-37-19-33(15-4-6-22-17-24(34)9-11-26(22)33)20-43-29-13-12-27(35-31(29)37)32(39)36-44(40,41)30(21)14-16-42-2;1-2-9-3-4-10-6-7(9)5-8-1;1-2/h3,7,9,11-13,17,21,23,25,30H,4-6,8,10,14-16,18-20H2,1-2H3,(H,36,39);7-8H,1-6H2;1H3/b7-3+;;/t21-,23-,25+,30+,33-;7-;/m00./s1. The van der Waals surface area contributed by atoms with Gasteiger partial charge in [-0.1, -0.05) is 53.3 Å². The maximum Gasteiger partial charge on any atom is 0.283 e. The number of piperazine rings is 1. The molecule has 1 spiro atoms. The van der Waals surface area contributed by atoms with Crippen LogP contribution in [0.25, 0.3) is 0 Å². The number of benzene rings is 1. The number of nitrogens with zero attached hydrogens (tertiary/aromatic N) is 3. The molecule has 2 N–H and O–H groups in total. The summed E-state index contributed by atoms with van der Waals surface area (Å²) in [5, 5.41) is 3.18. The summed E-state index contributed by atoms with van der Waals surface area (Å²) in [6.45, 7) is 10.1. The Balaban J connectivity index is 0.000000378. The minimum atomic E-state index is -4.09. The highest BCUT2D eigenvalue weighted by molar-refractivity contribution is 14.1. The van der Waals surface area contributed by atoms with E-state index in [-0.39, 0.29) is 47.7 Å². The third kappa shape index (κ3) is 9.91. The number of aromatic nitrogens is 1. The molecule has 6 atom stereocenters. The SMILES string of the molecule is C1CN2CCOC[C@@H]2CN1.CI.COCC[C@@H]1[C@@H](C)C/C=C/C(=O)[C@@H]2CC[C@H]2CN2C[C@@]3(CCCc4cc(Cl)ccc43)COc3ccc(nc32)C(=O)NS1(=O)=O. The number of hydrogen-bond acceptors (Lipinski definition) is 11. The quantitative estimate of drug-likeness (QED) is 0.310. The number of methoxy groups -OCH3 is 1. The number of ether oxygens (including phenoxy) is 3. The predicted molar refractivity (Wildman–Crippen MR) is 228 cm³/mol. The first kappa shape index (κ1) is 43.2. The van der Waals surface area contributed by atoms with Crippen LogP contribution in [0.4, 0.5) is 5.82 Å². The second kappa shape index (κ2) is 19.6. The van der Waals surface area contributed by atoms with E-state index in [1.165, 1.54) is 30.8 Å². The number of anilines is 1. The lowest BCUT2D eigenvalue weighted by Crippen LogP contribution is -2.56. The van der Waals surface area contributed by atoms with E-state index < -0.39 is 21.2 Å². The van der Waals surface area contributed by atoms with Crippen LogP contribution < -0.4 is 19.7 Å². The minimum absolute atomic E-state index is 0.000860. The third-order valence-electron chi connectivity index (χ3n) is 12.3. The summed E-state index contributed by atoms with van der Waals surface area (Å²) in [5.74, 6) is -0.00478. The summed E-state index contributed by atoms with van der Waals surface area (Å²) in [6.07, 6.45) is 8.57. The maximum atomic E-state index is 13.5. The maximum absolute atomic E-state index is 13.5. The van der Waals surface area contributed by atoms with E-state index in [1.54, 1.807) is 18.2 Å². The van der Waals surface area contributed by atoms with Crippen LogP contribution in [0, 0.1) is 17.8 Å². The molecule has 1 aromatic heterocycles. The van der Waals surface area contributed by atoms with Gasteiger partial charge in [-0.15, -0.1) is 0 Å². The molecule has 2 bridgehead atoms. The lowest BCUT2D eigenvalue weighted by atomic mass is 9.69. The van der Waals surface area contributed by atoms with Crippen molar-refractivity contribution in [2.45, 2.75) is 68.6 Å². The molecule has 0 radical (unpaired) electrons. The summed E-state index contributed by atoms with van der Waals surface area (Å²) < 4.78 is 46.4. The van der Waals surface area contributed by atoms with E-state index in [4.69, 9.17) is 30.8 Å². The normalized spacial score (nSPS) is 30.5. The van der Waals surface area contributed by atoms with E-state index in [1.807, 2.05) is 24.0 Å². The number of nitrogens with one attached hydrogen (secondary N) is 2. The molecule has 2 aliphatic carbocycles. The molecule has 3 fully saturated rings. The Bertz CT molecular complexity index is 1810. The van der Waals surface area contributed by atoms with Crippen molar-refractivity contribution >= 4 is 61.7 Å². The molecule has 1 amide bonds. The summed E-state index contributed by atoms with van der Waals surface area (Å²) >= 11 is 8.53. The average Bonchev–Trinajstić information content (AvgIpc) is 3.33. The van der Waals surface area contributed by atoms with Crippen molar-refractivity contribution in [1.82, 2.24) is 19.9 Å². The van der Waals surface area contributed by atoms with Gasteiger partial charge in [0.1, 0.15) is 5.69 Å². The van der Waals surface area contributed by atoms with E-state index >= 15 is 0 Å².